The van der Waals surface area contributed by atoms with Crippen LogP contribution in [-0.4, -0.2) is 66.3 Å². The molecule has 0 aliphatic heterocycles. The molecule has 8 nitrogen and oxygen atoms in total. The molecule has 0 fully saturated rings. The molecule has 210 valence electrons. The van der Waals surface area contributed by atoms with E-state index in [1.165, 1.54) is 28.4 Å². The fraction of sp³-hybridized carbons (Fsp3) is 0.367. The smallest absolute Gasteiger partial charge is 0.407 e. The molecule has 1 amide bonds. The molecule has 9 heteroatoms. The minimum atomic E-state index is -3.98. The molecule has 3 aromatic rings. The van der Waals surface area contributed by atoms with Crippen LogP contribution in [0, 0.1) is 5.92 Å². The Morgan fingerprint density at radius 3 is 1.97 bits per heavy atom. The first-order valence-corrected chi connectivity index (χ1v) is 14.5. The monoisotopic (exact) mass is 554 g/mol. The fourth-order valence-corrected chi connectivity index (χ4v) is 5.83. The number of carboxylic acid groups (broad SMARTS) is 1. The van der Waals surface area contributed by atoms with E-state index in [4.69, 9.17) is 4.74 Å². The van der Waals surface area contributed by atoms with Crippen molar-refractivity contribution >= 4 is 16.1 Å². The molecule has 1 unspecified atom stereocenters. The molecule has 0 radical (unpaired) electrons. The van der Waals surface area contributed by atoms with Gasteiger partial charge in [-0.3, -0.25) is 4.90 Å². The molecule has 0 heterocycles. The van der Waals surface area contributed by atoms with Crippen LogP contribution < -0.4 is 4.74 Å². The van der Waals surface area contributed by atoms with Crippen molar-refractivity contribution in [3.05, 3.63) is 96.1 Å². The van der Waals surface area contributed by atoms with Gasteiger partial charge in [-0.2, -0.15) is 4.31 Å². The third-order valence-electron chi connectivity index (χ3n) is 6.62. The van der Waals surface area contributed by atoms with Gasteiger partial charge in [-0.05, 0) is 54.2 Å². The van der Waals surface area contributed by atoms with Crippen LogP contribution in [0.4, 0.5) is 4.79 Å². The maximum Gasteiger partial charge on any atom is 0.407 e. The van der Waals surface area contributed by atoms with Crippen LogP contribution >= 0.6 is 0 Å². The maximum atomic E-state index is 13.7. The average molecular weight is 555 g/mol. The predicted octanol–water partition coefficient (Wildman–Crippen LogP) is 4.88. The second-order valence-electron chi connectivity index (χ2n) is 9.94. The van der Waals surface area contributed by atoms with Gasteiger partial charge in [0.2, 0.25) is 10.0 Å². The number of rotatable bonds is 14. The van der Waals surface area contributed by atoms with Gasteiger partial charge in [0.25, 0.3) is 0 Å². The first-order chi connectivity index (χ1) is 18.6. The molecule has 2 N–H and O–H groups in total. The van der Waals surface area contributed by atoms with Crippen molar-refractivity contribution in [1.82, 2.24) is 9.21 Å². The summed E-state index contributed by atoms with van der Waals surface area (Å²) in [6, 6.07) is 23.7. The molecule has 0 saturated heterocycles. The van der Waals surface area contributed by atoms with Gasteiger partial charge in [0, 0.05) is 19.6 Å². The highest BCUT2D eigenvalue weighted by Crippen LogP contribution is 2.23. The number of sulfonamides is 1. The SMILES string of the molecule is COc1ccc(S(=O)(=O)N(CCC(C)C)C[C@@H](O)C(Cc2ccccc2)N(Cc2ccccc2)C(=O)O)cc1. The Labute approximate surface area is 231 Å². The van der Waals surface area contributed by atoms with Crippen LogP contribution in [0.15, 0.2) is 89.8 Å². The second kappa shape index (κ2) is 14.1. The van der Waals surface area contributed by atoms with Crippen molar-refractivity contribution in [3.63, 3.8) is 0 Å². The number of hydrogen-bond donors (Lipinski definition) is 2. The van der Waals surface area contributed by atoms with Gasteiger partial charge in [-0.1, -0.05) is 74.5 Å². The Hall–Kier alpha value is -3.40. The Morgan fingerprint density at radius 2 is 1.46 bits per heavy atom. The van der Waals surface area contributed by atoms with Gasteiger partial charge in [-0.15, -0.1) is 0 Å². The minimum Gasteiger partial charge on any atom is -0.497 e. The van der Waals surface area contributed by atoms with Crippen LogP contribution in [0.3, 0.4) is 0 Å². The zero-order valence-electron chi connectivity index (χ0n) is 22.7. The summed E-state index contributed by atoms with van der Waals surface area (Å²) in [5.74, 6) is 0.757. The Morgan fingerprint density at radius 1 is 0.897 bits per heavy atom. The normalized spacial score (nSPS) is 13.3. The van der Waals surface area contributed by atoms with E-state index in [2.05, 4.69) is 0 Å². The molecular formula is C30H38N2O6S. The number of amides is 1. The van der Waals surface area contributed by atoms with E-state index in [0.717, 1.165) is 11.1 Å². The van der Waals surface area contributed by atoms with Crippen molar-refractivity contribution in [1.29, 1.82) is 0 Å². The number of benzene rings is 3. The molecule has 0 saturated carbocycles. The van der Waals surface area contributed by atoms with Gasteiger partial charge >= 0.3 is 6.09 Å². The van der Waals surface area contributed by atoms with Gasteiger partial charge in [-0.25, -0.2) is 13.2 Å². The average Bonchev–Trinajstić information content (AvgIpc) is 2.93. The highest BCUT2D eigenvalue weighted by molar-refractivity contribution is 7.89. The topological polar surface area (TPSA) is 107 Å². The third kappa shape index (κ3) is 8.54. The standard InChI is InChI=1S/C30H38N2O6S/c1-23(2)18-19-31(39(36,37)27-16-14-26(38-3)15-17-27)22-29(33)28(20-24-10-6-4-7-11-24)32(30(34)35)21-25-12-8-5-9-13-25/h4-17,23,28-29,33H,18-22H2,1-3H3,(H,34,35)/t28?,29-/m1/s1. The lowest BCUT2D eigenvalue weighted by molar-refractivity contribution is 0.0343. The quantitative estimate of drug-likeness (QED) is 0.294. The number of aliphatic hydroxyl groups is 1. The molecule has 0 aliphatic carbocycles. The summed E-state index contributed by atoms with van der Waals surface area (Å²) in [6.45, 7) is 3.99. The highest BCUT2D eigenvalue weighted by atomic mass is 32.2. The van der Waals surface area contributed by atoms with E-state index in [1.807, 2.05) is 74.5 Å². The van der Waals surface area contributed by atoms with Crippen LogP contribution in [0.1, 0.15) is 31.4 Å². The number of aliphatic hydroxyl groups excluding tert-OH is 1. The summed E-state index contributed by atoms with van der Waals surface area (Å²) in [5.41, 5.74) is 1.61. The van der Waals surface area contributed by atoms with Crippen LogP contribution in [0.2, 0.25) is 0 Å². The highest BCUT2D eigenvalue weighted by Gasteiger charge is 2.34. The fourth-order valence-electron chi connectivity index (χ4n) is 4.36. The van der Waals surface area contributed by atoms with Crippen LogP contribution in [-0.2, 0) is 23.0 Å². The summed E-state index contributed by atoms with van der Waals surface area (Å²) in [7, 11) is -2.47. The largest absolute Gasteiger partial charge is 0.497 e. The zero-order chi connectivity index (χ0) is 28.4. The van der Waals surface area contributed by atoms with Crippen molar-refractivity contribution < 1.29 is 28.2 Å². The number of methoxy groups -OCH3 is 1. The summed E-state index contributed by atoms with van der Waals surface area (Å²) < 4.78 is 33.8. The first kappa shape index (κ1) is 30.1. The van der Waals surface area contributed by atoms with E-state index < -0.39 is 28.3 Å². The Bertz CT molecular complexity index is 1270. The molecule has 0 spiro atoms. The summed E-state index contributed by atoms with van der Waals surface area (Å²) in [5, 5.41) is 21.8. The van der Waals surface area contributed by atoms with E-state index in [0.29, 0.717) is 12.2 Å². The lowest BCUT2D eigenvalue weighted by Gasteiger charge is -2.35. The Balaban J connectivity index is 1.96. The number of ether oxygens (including phenoxy) is 1. The van der Waals surface area contributed by atoms with Gasteiger partial charge in [0.15, 0.2) is 0 Å². The lowest BCUT2D eigenvalue weighted by Crippen LogP contribution is -2.52. The Kier molecular flexibility index (Phi) is 10.9. The van der Waals surface area contributed by atoms with E-state index in [9.17, 15) is 23.4 Å². The predicted molar refractivity (Wildman–Crippen MR) is 151 cm³/mol. The number of nitrogens with zero attached hydrogens (tertiary/aromatic N) is 2. The van der Waals surface area contributed by atoms with E-state index in [-0.39, 0.29) is 36.9 Å². The molecule has 3 aromatic carbocycles. The zero-order valence-corrected chi connectivity index (χ0v) is 23.5. The second-order valence-corrected chi connectivity index (χ2v) is 11.9. The van der Waals surface area contributed by atoms with Gasteiger partial charge in [0.1, 0.15) is 5.75 Å². The third-order valence-corrected chi connectivity index (χ3v) is 8.50. The minimum absolute atomic E-state index is 0.0575. The van der Waals surface area contributed by atoms with Crippen molar-refractivity contribution in [3.8, 4) is 5.75 Å². The van der Waals surface area contributed by atoms with Crippen molar-refractivity contribution in [2.45, 2.75) is 50.3 Å². The van der Waals surface area contributed by atoms with Gasteiger partial charge < -0.3 is 14.9 Å². The van der Waals surface area contributed by atoms with Crippen LogP contribution in [0.5, 0.6) is 5.75 Å². The van der Waals surface area contributed by atoms with Crippen LogP contribution in [0.25, 0.3) is 0 Å². The summed E-state index contributed by atoms with van der Waals surface area (Å²) in [6.07, 6.45) is -1.67. The molecule has 0 aromatic heterocycles. The molecule has 3 rings (SSSR count). The van der Waals surface area contributed by atoms with Crippen molar-refractivity contribution in [2.75, 3.05) is 20.2 Å². The first-order valence-electron chi connectivity index (χ1n) is 13.0. The lowest BCUT2D eigenvalue weighted by atomic mass is 9.99. The molecule has 0 bridgehead atoms. The molecule has 2 atom stereocenters. The maximum absolute atomic E-state index is 13.7. The summed E-state index contributed by atoms with van der Waals surface area (Å²) >= 11 is 0. The number of carbonyl (C=O) groups is 1. The molecule has 39 heavy (non-hydrogen) atoms. The molecule has 0 aliphatic rings. The van der Waals surface area contributed by atoms with E-state index in [1.54, 1.807) is 12.1 Å². The van der Waals surface area contributed by atoms with Gasteiger partial charge in [0.05, 0.1) is 24.2 Å². The number of hydrogen-bond acceptors (Lipinski definition) is 5. The molecular weight excluding hydrogens is 516 g/mol. The summed E-state index contributed by atoms with van der Waals surface area (Å²) in [4.78, 5) is 13.8. The van der Waals surface area contributed by atoms with Crippen molar-refractivity contribution in [2.24, 2.45) is 5.92 Å². The van der Waals surface area contributed by atoms with E-state index >= 15 is 0 Å².